The molecule has 110 valence electrons. The molecule has 1 atom stereocenters. The number of hydrogen-bond donors (Lipinski definition) is 0. The van der Waals surface area contributed by atoms with Gasteiger partial charge in [0.2, 0.25) is 5.91 Å². The minimum absolute atomic E-state index is 0.128. The van der Waals surface area contributed by atoms with Gasteiger partial charge in [-0.2, -0.15) is 0 Å². The van der Waals surface area contributed by atoms with Gasteiger partial charge in [-0.25, -0.2) is 0 Å². The zero-order valence-electron chi connectivity index (χ0n) is 11.9. The van der Waals surface area contributed by atoms with E-state index >= 15 is 0 Å². The number of likely N-dealkylation sites (tertiary alicyclic amines) is 1. The third kappa shape index (κ3) is 3.87. The first-order valence-electron chi connectivity index (χ1n) is 6.85. The standard InChI is InChI=1S/C15H20Cl2N2O/c1-18-7-3-4-12(10-18)19(2)15(20)9-11-5-6-13(16)14(17)8-11/h5-6,8,12H,3-4,7,9-10H2,1-2H3/t12-/m0/s1. The van der Waals surface area contributed by atoms with Crippen LogP contribution in [0.4, 0.5) is 0 Å². The fourth-order valence-electron chi connectivity index (χ4n) is 2.61. The highest BCUT2D eigenvalue weighted by Gasteiger charge is 2.24. The van der Waals surface area contributed by atoms with Crippen LogP contribution in [0.1, 0.15) is 18.4 Å². The van der Waals surface area contributed by atoms with E-state index in [4.69, 9.17) is 23.2 Å². The summed E-state index contributed by atoms with van der Waals surface area (Å²) in [6.45, 7) is 2.06. The average Bonchev–Trinajstić information content (AvgIpc) is 2.42. The van der Waals surface area contributed by atoms with Gasteiger partial charge >= 0.3 is 0 Å². The van der Waals surface area contributed by atoms with Crippen molar-refractivity contribution in [2.45, 2.75) is 25.3 Å². The number of benzene rings is 1. The van der Waals surface area contributed by atoms with Gasteiger partial charge in [-0.15, -0.1) is 0 Å². The normalized spacial score (nSPS) is 19.9. The van der Waals surface area contributed by atoms with E-state index in [2.05, 4.69) is 11.9 Å². The Morgan fingerprint density at radius 1 is 1.40 bits per heavy atom. The molecule has 1 amide bonds. The lowest BCUT2D eigenvalue weighted by Crippen LogP contribution is -2.47. The third-order valence-corrected chi connectivity index (χ3v) is 4.62. The summed E-state index contributed by atoms with van der Waals surface area (Å²) in [6, 6.07) is 5.67. The van der Waals surface area contributed by atoms with E-state index < -0.39 is 0 Å². The van der Waals surface area contributed by atoms with E-state index in [1.54, 1.807) is 12.1 Å². The van der Waals surface area contributed by atoms with Crippen molar-refractivity contribution in [1.29, 1.82) is 0 Å². The Balaban J connectivity index is 1.98. The first-order valence-corrected chi connectivity index (χ1v) is 7.61. The molecule has 1 aromatic rings. The SMILES string of the molecule is CN1CCC[C@H](N(C)C(=O)Cc2ccc(Cl)c(Cl)c2)C1. The van der Waals surface area contributed by atoms with Crippen molar-refractivity contribution < 1.29 is 4.79 Å². The van der Waals surface area contributed by atoms with Crippen LogP contribution in [-0.4, -0.2) is 48.9 Å². The number of nitrogens with zero attached hydrogens (tertiary/aromatic N) is 2. The average molecular weight is 315 g/mol. The van der Waals surface area contributed by atoms with Crippen LogP contribution in [0, 0.1) is 0 Å². The molecule has 1 aliphatic rings. The molecule has 1 aromatic carbocycles. The highest BCUT2D eigenvalue weighted by atomic mass is 35.5. The molecule has 1 aliphatic heterocycles. The number of carbonyl (C=O) groups excluding carboxylic acids is 1. The molecule has 0 unspecified atom stereocenters. The molecule has 0 aliphatic carbocycles. The first-order chi connectivity index (χ1) is 9.47. The smallest absolute Gasteiger partial charge is 0.227 e. The van der Waals surface area contributed by atoms with Crippen LogP contribution >= 0.6 is 23.2 Å². The van der Waals surface area contributed by atoms with Crippen molar-refractivity contribution in [3.8, 4) is 0 Å². The summed E-state index contributed by atoms with van der Waals surface area (Å²) < 4.78 is 0. The van der Waals surface area contributed by atoms with E-state index in [0.717, 1.165) is 31.5 Å². The molecule has 1 fully saturated rings. The van der Waals surface area contributed by atoms with Crippen molar-refractivity contribution in [3.05, 3.63) is 33.8 Å². The summed E-state index contributed by atoms with van der Waals surface area (Å²) in [6.07, 6.45) is 2.59. The number of piperidine rings is 1. The van der Waals surface area contributed by atoms with Gasteiger partial charge in [0, 0.05) is 19.6 Å². The van der Waals surface area contributed by atoms with Gasteiger partial charge in [0.05, 0.1) is 16.5 Å². The van der Waals surface area contributed by atoms with E-state index in [0.29, 0.717) is 22.5 Å². The monoisotopic (exact) mass is 314 g/mol. The summed E-state index contributed by atoms with van der Waals surface area (Å²) >= 11 is 11.9. The summed E-state index contributed by atoms with van der Waals surface area (Å²) in [5.41, 5.74) is 0.903. The van der Waals surface area contributed by atoms with Gasteiger partial charge < -0.3 is 9.80 Å². The molecule has 1 saturated heterocycles. The Morgan fingerprint density at radius 2 is 2.15 bits per heavy atom. The maximum absolute atomic E-state index is 12.3. The van der Waals surface area contributed by atoms with Crippen LogP contribution in [0.25, 0.3) is 0 Å². The van der Waals surface area contributed by atoms with Crippen molar-refractivity contribution in [2.24, 2.45) is 0 Å². The Hall–Kier alpha value is -0.770. The van der Waals surface area contributed by atoms with Crippen LogP contribution < -0.4 is 0 Å². The van der Waals surface area contributed by atoms with Gasteiger partial charge in [0.15, 0.2) is 0 Å². The fraction of sp³-hybridized carbons (Fsp3) is 0.533. The molecule has 5 heteroatoms. The zero-order valence-corrected chi connectivity index (χ0v) is 13.4. The molecule has 0 saturated carbocycles. The summed E-state index contributed by atoms with van der Waals surface area (Å²) in [7, 11) is 3.99. The van der Waals surface area contributed by atoms with Crippen molar-refractivity contribution in [3.63, 3.8) is 0 Å². The molecule has 0 N–H and O–H groups in total. The minimum atomic E-state index is 0.128. The van der Waals surface area contributed by atoms with Crippen LogP contribution in [-0.2, 0) is 11.2 Å². The lowest BCUT2D eigenvalue weighted by molar-refractivity contribution is -0.132. The maximum Gasteiger partial charge on any atom is 0.227 e. The van der Waals surface area contributed by atoms with Crippen molar-refractivity contribution in [1.82, 2.24) is 9.80 Å². The minimum Gasteiger partial charge on any atom is -0.341 e. The topological polar surface area (TPSA) is 23.6 Å². The molecular weight excluding hydrogens is 295 g/mol. The molecule has 0 bridgehead atoms. The molecular formula is C15H20Cl2N2O. The number of rotatable bonds is 3. The second kappa shape index (κ2) is 6.79. The summed E-state index contributed by atoms with van der Waals surface area (Å²) in [5, 5.41) is 1.02. The van der Waals surface area contributed by atoms with E-state index in [1.165, 1.54) is 0 Å². The predicted molar refractivity (Wildman–Crippen MR) is 83.5 cm³/mol. The first kappa shape index (κ1) is 15.6. The molecule has 3 nitrogen and oxygen atoms in total. The van der Waals surface area contributed by atoms with E-state index in [1.807, 2.05) is 18.0 Å². The zero-order chi connectivity index (χ0) is 14.7. The molecule has 20 heavy (non-hydrogen) atoms. The Labute approximate surface area is 130 Å². The summed E-state index contributed by atoms with van der Waals surface area (Å²) in [5.74, 6) is 0.128. The molecule has 0 radical (unpaired) electrons. The molecule has 0 spiro atoms. The Morgan fingerprint density at radius 3 is 2.80 bits per heavy atom. The number of halogens is 2. The van der Waals surface area contributed by atoms with Crippen LogP contribution in [0.5, 0.6) is 0 Å². The molecule has 1 heterocycles. The van der Waals surface area contributed by atoms with Crippen molar-refractivity contribution >= 4 is 29.1 Å². The van der Waals surface area contributed by atoms with Crippen LogP contribution in [0.2, 0.25) is 10.0 Å². The highest BCUT2D eigenvalue weighted by Crippen LogP contribution is 2.23. The van der Waals surface area contributed by atoms with Gasteiger partial charge in [-0.3, -0.25) is 4.79 Å². The maximum atomic E-state index is 12.3. The lowest BCUT2D eigenvalue weighted by Gasteiger charge is -2.36. The Kier molecular flexibility index (Phi) is 5.30. The lowest BCUT2D eigenvalue weighted by atomic mass is 10.0. The number of likely N-dealkylation sites (N-methyl/N-ethyl adjacent to an activating group) is 2. The largest absolute Gasteiger partial charge is 0.341 e. The number of carbonyl (C=O) groups is 1. The van der Waals surface area contributed by atoms with Gasteiger partial charge in [0.1, 0.15) is 0 Å². The number of hydrogen-bond acceptors (Lipinski definition) is 2. The highest BCUT2D eigenvalue weighted by molar-refractivity contribution is 6.42. The fourth-order valence-corrected chi connectivity index (χ4v) is 2.93. The molecule has 2 rings (SSSR count). The van der Waals surface area contributed by atoms with Gasteiger partial charge in [-0.05, 0) is 44.1 Å². The quantitative estimate of drug-likeness (QED) is 0.856. The Bertz CT molecular complexity index is 493. The second-order valence-electron chi connectivity index (χ2n) is 5.49. The molecule has 0 aromatic heterocycles. The van der Waals surface area contributed by atoms with Gasteiger partial charge in [-0.1, -0.05) is 29.3 Å². The summed E-state index contributed by atoms with van der Waals surface area (Å²) in [4.78, 5) is 16.5. The van der Waals surface area contributed by atoms with Gasteiger partial charge in [0.25, 0.3) is 0 Å². The van der Waals surface area contributed by atoms with E-state index in [-0.39, 0.29) is 5.91 Å². The number of amides is 1. The predicted octanol–water partition coefficient (Wildman–Crippen LogP) is 3.09. The second-order valence-corrected chi connectivity index (χ2v) is 6.30. The van der Waals surface area contributed by atoms with Crippen molar-refractivity contribution in [2.75, 3.05) is 27.2 Å². The van der Waals surface area contributed by atoms with E-state index in [9.17, 15) is 4.79 Å². The van der Waals surface area contributed by atoms with Crippen LogP contribution in [0.15, 0.2) is 18.2 Å². The van der Waals surface area contributed by atoms with Crippen LogP contribution in [0.3, 0.4) is 0 Å². The third-order valence-electron chi connectivity index (χ3n) is 3.88.